The third-order valence-electron chi connectivity index (χ3n) is 3.69. The van der Waals surface area contributed by atoms with Crippen molar-refractivity contribution in [1.29, 1.82) is 0 Å². The van der Waals surface area contributed by atoms with Crippen LogP contribution in [-0.2, 0) is 4.79 Å². The Morgan fingerprint density at radius 3 is 2.53 bits per heavy atom. The number of hydrogen-bond acceptors (Lipinski definition) is 4. The van der Waals surface area contributed by atoms with Gasteiger partial charge in [0.1, 0.15) is 16.8 Å². The fourth-order valence-corrected chi connectivity index (χ4v) is 2.54. The highest BCUT2D eigenvalue weighted by molar-refractivity contribution is 6.29. The second-order valence-electron chi connectivity index (χ2n) is 5.17. The summed E-state index contributed by atoms with van der Waals surface area (Å²) in [7, 11) is 0. The van der Waals surface area contributed by atoms with Crippen LogP contribution in [0.25, 0.3) is 0 Å². The largest absolute Gasteiger partial charge is 0.353 e. The molecule has 1 aliphatic heterocycles. The van der Waals surface area contributed by atoms with E-state index in [4.69, 9.17) is 11.6 Å². The Morgan fingerprint density at radius 2 is 1.95 bits per heavy atom. The Morgan fingerprint density at radius 1 is 1.26 bits per heavy atom. The Bertz CT molecular complexity index is 495. The van der Waals surface area contributed by atoms with Gasteiger partial charge in [0.25, 0.3) is 0 Å². The quantitative estimate of drug-likeness (QED) is 0.774. The molecule has 2 fully saturated rings. The first-order valence-electron chi connectivity index (χ1n) is 6.68. The van der Waals surface area contributed by atoms with Gasteiger partial charge in [-0.15, -0.1) is 0 Å². The molecule has 1 aliphatic carbocycles. The highest BCUT2D eigenvalue weighted by Gasteiger charge is 2.28. The van der Waals surface area contributed by atoms with Crippen molar-refractivity contribution in [3.05, 3.63) is 17.0 Å². The molecule has 5 nitrogen and oxygen atoms in total. The molecule has 1 saturated heterocycles. The number of halogens is 1. The summed E-state index contributed by atoms with van der Waals surface area (Å²) in [4.78, 5) is 24.3. The van der Waals surface area contributed by atoms with Crippen LogP contribution in [0.1, 0.15) is 31.5 Å². The molecule has 0 N–H and O–H groups in total. The predicted octanol–water partition coefficient (Wildman–Crippen LogP) is 1.68. The summed E-state index contributed by atoms with van der Waals surface area (Å²) in [6.45, 7) is 4.71. The van der Waals surface area contributed by atoms with Gasteiger partial charge in [0.05, 0.1) is 0 Å². The molecule has 6 heteroatoms. The lowest BCUT2D eigenvalue weighted by atomic mass is 10.3. The van der Waals surface area contributed by atoms with E-state index < -0.39 is 0 Å². The van der Waals surface area contributed by atoms with Gasteiger partial charge >= 0.3 is 0 Å². The fourth-order valence-electron chi connectivity index (χ4n) is 2.36. The first kappa shape index (κ1) is 12.7. The van der Waals surface area contributed by atoms with Gasteiger partial charge in [0, 0.05) is 45.1 Å². The van der Waals surface area contributed by atoms with Crippen molar-refractivity contribution < 1.29 is 4.79 Å². The van der Waals surface area contributed by atoms with E-state index >= 15 is 0 Å². The van der Waals surface area contributed by atoms with Gasteiger partial charge in [-0.1, -0.05) is 11.6 Å². The lowest BCUT2D eigenvalue weighted by molar-refractivity contribution is -0.129. The molecule has 0 spiro atoms. The Labute approximate surface area is 117 Å². The van der Waals surface area contributed by atoms with E-state index in [2.05, 4.69) is 14.9 Å². The first-order chi connectivity index (χ1) is 9.13. The number of rotatable bonds is 2. The van der Waals surface area contributed by atoms with Crippen molar-refractivity contribution in [2.75, 3.05) is 31.1 Å². The van der Waals surface area contributed by atoms with Crippen LogP contribution in [0.5, 0.6) is 0 Å². The van der Waals surface area contributed by atoms with Crippen molar-refractivity contribution in [1.82, 2.24) is 14.9 Å². The second kappa shape index (κ2) is 4.96. The first-order valence-corrected chi connectivity index (χ1v) is 7.06. The molecule has 102 valence electrons. The molecule has 19 heavy (non-hydrogen) atoms. The molecule has 3 rings (SSSR count). The standard InChI is InChI=1S/C13H17ClN4O/c1-9(19)17-4-6-18(7-5-17)12-8-11(14)15-13(16-12)10-2-3-10/h8,10H,2-7H2,1H3. The van der Waals surface area contributed by atoms with Gasteiger partial charge in [-0.2, -0.15) is 0 Å². The van der Waals surface area contributed by atoms with E-state index in [1.165, 1.54) is 0 Å². The number of nitrogens with zero attached hydrogens (tertiary/aromatic N) is 4. The molecule has 0 bridgehead atoms. The minimum atomic E-state index is 0.138. The summed E-state index contributed by atoms with van der Waals surface area (Å²) in [6, 6.07) is 1.82. The average Bonchev–Trinajstić information content (AvgIpc) is 3.22. The Balaban J connectivity index is 1.74. The van der Waals surface area contributed by atoms with Gasteiger partial charge in [-0.25, -0.2) is 9.97 Å². The molecule has 0 aromatic carbocycles. The van der Waals surface area contributed by atoms with Crippen LogP contribution in [0.4, 0.5) is 5.82 Å². The fraction of sp³-hybridized carbons (Fsp3) is 0.615. The third-order valence-corrected chi connectivity index (χ3v) is 3.88. The van der Waals surface area contributed by atoms with Crippen molar-refractivity contribution in [3.63, 3.8) is 0 Å². The SMILES string of the molecule is CC(=O)N1CCN(c2cc(Cl)nc(C3CC3)n2)CC1. The zero-order valence-corrected chi connectivity index (χ0v) is 11.7. The molecule has 2 aliphatic rings. The van der Waals surface area contributed by atoms with E-state index in [-0.39, 0.29) is 5.91 Å². The van der Waals surface area contributed by atoms with Crippen molar-refractivity contribution in [2.45, 2.75) is 25.7 Å². The van der Waals surface area contributed by atoms with Gasteiger partial charge < -0.3 is 9.80 Å². The minimum absolute atomic E-state index is 0.138. The molecular weight excluding hydrogens is 264 g/mol. The van der Waals surface area contributed by atoms with Crippen molar-refractivity contribution in [3.8, 4) is 0 Å². The summed E-state index contributed by atoms with van der Waals surface area (Å²) in [5.74, 6) is 2.40. The number of amides is 1. The smallest absolute Gasteiger partial charge is 0.219 e. The number of hydrogen-bond donors (Lipinski definition) is 0. The lowest BCUT2D eigenvalue weighted by Crippen LogP contribution is -2.48. The highest BCUT2D eigenvalue weighted by atomic mass is 35.5. The van der Waals surface area contributed by atoms with Crippen molar-refractivity contribution >= 4 is 23.3 Å². The van der Waals surface area contributed by atoms with E-state index in [0.29, 0.717) is 11.1 Å². The molecule has 1 aromatic heterocycles. The maximum absolute atomic E-state index is 11.3. The molecule has 2 heterocycles. The van der Waals surface area contributed by atoms with Crippen LogP contribution in [0.2, 0.25) is 5.15 Å². The van der Waals surface area contributed by atoms with E-state index in [1.54, 1.807) is 6.92 Å². The zero-order chi connectivity index (χ0) is 13.4. The maximum Gasteiger partial charge on any atom is 0.219 e. The number of carbonyl (C=O) groups excluding carboxylic acids is 1. The van der Waals surface area contributed by atoms with Crippen LogP contribution < -0.4 is 4.90 Å². The van der Waals surface area contributed by atoms with Crippen molar-refractivity contribution in [2.24, 2.45) is 0 Å². The zero-order valence-electron chi connectivity index (χ0n) is 11.0. The normalized spacial score (nSPS) is 19.7. The molecule has 1 aromatic rings. The van der Waals surface area contributed by atoms with Crippen LogP contribution in [0, 0.1) is 0 Å². The van der Waals surface area contributed by atoms with Crippen LogP contribution in [-0.4, -0.2) is 47.0 Å². The van der Waals surface area contributed by atoms with E-state index in [9.17, 15) is 4.79 Å². The average molecular weight is 281 g/mol. The minimum Gasteiger partial charge on any atom is -0.353 e. The van der Waals surface area contributed by atoms with Crippen LogP contribution >= 0.6 is 11.6 Å². The lowest BCUT2D eigenvalue weighted by Gasteiger charge is -2.35. The Hall–Kier alpha value is -1.36. The van der Waals surface area contributed by atoms with Gasteiger partial charge in [-0.3, -0.25) is 4.79 Å². The maximum atomic E-state index is 11.3. The van der Waals surface area contributed by atoms with Crippen LogP contribution in [0.15, 0.2) is 6.07 Å². The predicted molar refractivity (Wildman–Crippen MR) is 73.5 cm³/mol. The number of aromatic nitrogens is 2. The molecule has 1 amide bonds. The van der Waals surface area contributed by atoms with Gasteiger partial charge in [-0.05, 0) is 12.8 Å². The molecule has 1 saturated carbocycles. The number of anilines is 1. The van der Waals surface area contributed by atoms with Gasteiger partial charge in [0.15, 0.2) is 0 Å². The summed E-state index contributed by atoms with van der Waals surface area (Å²) in [6.07, 6.45) is 2.33. The molecule has 0 radical (unpaired) electrons. The number of piperazine rings is 1. The molecule has 0 unspecified atom stereocenters. The summed E-state index contributed by atoms with van der Waals surface area (Å²) >= 11 is 6.08. The summed E-state index contributed by atoms with van der Waals surface area (Å²) in [5, 5.41) is 0.515. The topological polar surface area (TPSA) is 49.3 Å². The highest BCUT2D eigenvalue weighted by Crippen LogP contribution is 2.39. The Kier molecular flexibility index (Phi) is 3.31. The number of carbonyl (C=O) groups is 1. The van der Waals surface area contributed by atoms with E-state index in [1.807, 2.05) is 11.0 Å². The summed E-state index contributed by atoms with van der Waals surface area (Å²) < 4.78 is 0. The third kappa shape index (κ3) is 2.81. The molecule has 0 atom stereocenters. The second-order valence-corrected chi connectivity index (χ2v) is 5.56. The summed E-state index contributed by atoms with van der Waals surface area (Å²) in [5.41, 5.74) is 0. The monoisotopic (exact) mass is 280 g/mol. The van der Waals surface area contributed by atoms with Crippen LogP contribution in [0.3, 0.4) is 0 Å². The molecular formula is C13H17ClN4O. The van der Waals surface area contributed by atoms with Gasteiger partial charge in [0.2, 0.25) is 5.91 Å². The van der Waals surface area contributed by atoms with E-state index in [0.717, 1.165) is 50.7 Å².